The van der Waals surface area contributed by atoms with Crippen molar-refractivity contribution >= 4 is 13.7 Å². The van der Waals surface area contributed by atoms with Gasteiger partial charge in [-0.15, -0.1) is 0 Å². The quantitative estimate of drug-likeness (QED) is 0.815. The molecular formula is C12H17N2O4P. The van der Waals surface area contributed by atoms with E-state index in [1.165, 1.54) is 4.90 Å². The summed E-state index contributed by atoms with van der Waals surface area (Å²) in [5, 5.41) is 2.41. The van der Waals surface area contributed by atoms with Gasteiger partial charge in [0.25, 0.3) is 0 Å². The lowest BCUT2D eigenvalue weighted by Crippen LogP contribution is -2.35. The number of aryl methyl sites for hydroxylation is 1. The van der Waals surface area contributed by atoms with Gasteiger partial charge in [0.15, 0.2) is 0 Å². The third kappa shape index (κ3) is 3.35. The van der Waals surface area contributed by atoms with Gasteiger partial charge in [0.1, 0.15) is 5.75 Å². The van der Waals surface area contributed by atoms with Crippen LogP contribution in [0.4, 0.5) is 0 Å². The molecule has 1 aliphatic rings. The van der Waals surface area contributed by atoms with Gasteiger partial charge < -0.3 is 14.3 Å². The van der Waals surface area contributed by atoms with E-state index in [9.17, 15) is 14.3 Å². The summed E-state index contributed by atoms with van der Waals surface area (Å²) in [6.45, 7) is 2.35. The van der Waals surface area contributed by atoms with E-state index in [1.807, 2.05) is 6.07 Å². The van der Waals surface area contributed by atoms with Crippen LogP contribution < -0.4 is 9.61 Å². The van der Waals surface area contributed by atoms with Gasteiger partial charge in [-0.05, 0) is 25.0 Å². The lowest BCUT2D eigenvalue weighted by Gasteiger charge is -2.18. The van der Waals surface area contributed by atoms with Gasteiger partial charge in [0.05, 0.1) is 6.04 Å². The second-order valence-electron chi connectivity index (χ2n) is 4.61. The van der Waals surface area contributed by atoms with Crippen molar-refractivity contribution in [3.05, 3.63) is 29.8 Å². The summed E-state index contributed by atoms with van der Waals surface area (Å²) >= 11 is 0. The average molecular weight is 284 g/mol. The topological polar surface area (TPSA) is 78.9 Å². The first-order chi connectivity index (χ1) is 8.89. The molecule has 0 spiro atoms. The molecule has 2 N–H and O–H groups in total. The van der Waals surface area contributed by atoms with Crippen LogP contribution in [-0.2, 0) is 9.36 Å². The summed E-state index contributed by atoms with van der Waals surface area (Å²) in [4.78, 5) is 23.0. The Morgan fingerprint density at radius 1 is 1.47 bits per heavy atom. The predicted octanol–water partition coefficient (Wildman–Crippen LogP) is 1.29. The summed E-state index contributed by atoms with van der Waals surface area (Å²) in [5.74, 6) is 0.141. The van der Waals surface area contributed by atoms with Gasteiger partial charge in [-0.2, -0.15) is 5.09 Å². The molecule has 0 aromatic heterocycles. The molecule has 7 heteroatoms. The fourth-order valence-corrected chi connectivity index (χ4v) is 3.12. The van der Waals surface area contributed by atoms with Crippen LogP contribution in [0.5, 0.6) is 5.75 Å². The second kappa shape index (κ2) is 5.33. The molecule has 1 aliphatic heterocycles. The highest BCUT2D eigenvalue weighted by Gasteiger charge is 2.35. The molecule has 6 nitrogen and oxygen atoms in total. The molecular weight excluding hydrogens is 267 g/mol. The van der Waals surface area contributed by atoms with Crippen LogP contribution >= 0.6 is 7.75 Å². The van der Waals surface area contributed by atoms with E-state index in [2.05, 4.69) is 5.09 Å². The van der Waals surface area contributed by atoms with Crippen LogP contribution in [0.2, 0.25) is 0 Å². The zero-order valence-electron chi connectivity index (χ0n) is 10.9. The number of likely N-dealkylation sites (N-methyl/N-ethyl adjacent to an activating group) is 1. The van der Waals surface area contributed by atoms with Crippen molar-refractivity contribution in [3.63, 3.8) is 0 Å². The molecule has 2 atom stereocenters. The zero-order chi connectivity index (χ0) is 14.0. The van der Waals surface area contributed by atoms with E-state index in [4.69, 9.17) is 4.52 Å². The van der Waals surface area contributed by atoms with Crippen molar-refractivity contribution in [3.8, 4) is 5.75 Å². The molecule has 1 heterocycles. The van der Waals surface area contributed by atoms with E-state index in [0.717, 1.165) is 5.56 Å². The highest BCUT2D eigenvalue weighted by atomic mass is 31.2. The number of rotatable bonds is 4. The zero-order valence-corrected chi connectivity index (χ0v) is 11.8. The summed E-state index contributed by atoms with van der Waals surface area (Å²) < 4.78 is 17.1. The van der Waals surface area contributed by atoms with E-state index in [0.29, 0.717) is 18.7 Å². The Morgan fingerprint density at radius 3 is 2.74 bits per heavy atom. The Hall–Kier alpha value is -1.36. The number of benzene rings is 1. The van der Waals surface area contributed by atoms with Crippen molar-refractivity contribution in [2.75, 3.05) is 13.6 Å². The van der Waals surface area contributed by atoms with E-state index in [-0.39, 0.29) is 5.91 Å². The van der Waals surface area contributed by atoms with E-state index in [1.54, 1.807) is 32.2 Å². The van der Waals surface area contributed by atoms with Gasteiger partial charge in [-0.3, -0.25) is 4.79 Å². The number of likely N-dealkylation sites (tertiary alicyclic amines) is 1. The van der Waals surface area contributed by atoms with Crippen LogP contribution in [-0.4, -0.2) is 35.3 Å². The van der Waals surface area contributed by atoms with Crippen molar-refractivity contribution in [1.82, 2.24) is 9.99 Å². The Balaban J connectivity index is 2.05. The normalized spacial score (nSPS) is 22.4. The maximum Gasteiger partial charge on any atom is 0.456 e. The highest BCUT2D eigenvalue weighted by Crippen LogP contribution is 2.40. The minimum Gasteiger partial charge on any atom is -0.413 e. The fourth-order valence-electron chi connectivity index (χ4n) is 1.96. The molecule has 1 saturated heterocycles. The molecule has 2 unspecified atom stereocenters. The first-order valence-corrected chi connectivity index (χ1v) is 7.57. The predicted molar refractivity (Wildman–Crippen MR) is 70.8 cm³/mol. The summed E-state index contributed by atoms with van der Waals surface area (Å²) in [7, 11) is -2.39. The fraction of sp³-hybridized carbons (Fsp3) is 0.417. The standard InChI is InChI=1S/C12H17N2O4P/c1-9-5-3-4-6-11(9)18-19(16,17)13-10-7-8-14(2)12(10)15/h3-6,10H,7-8H2,1-2H3,(H2,13,16,17). The largest absolute Gasteiger partial charge is 0.456 e. The number of hydrogen-bond acceptors (Lipinski definition) is 3. The van der Waals surface area contributed by atoms with Crippen molar-refractivity contribution < 1.29 is 18.8 Å². The molecule has 0 radical (unpaired) electrons. The summed E-state index contributed by atoms with van der Waals surface area (Å²) in [6, 6.07) is 6.26. The van der Waals surface area contributed by atoms with Crippen LogP contribution in [0, 0.1) is 6.92 Å². The van der Waals surface area contributed by atoms with Crippen LogP contribution in [0.25, 0.3) is 0 Å². The van der Waals surface area contributed by atoms with Crippen LogP contribution in [0.15, 0.2) is 24.3 Å². The molecule has 1 fully saturated rings. The maximum absolute atomic E-state index is 12.0. The lowest BCUT2D eigenvalue weighted by molar-refractivity contribution is -0.128. The molecule has 1 amide bonds. The number of nitrogens with zero attached hydrogens (tertiary/aromatic N) is 1. The Morgan fingerprint density at radius 2 is 2.16 bits per heavy atom. The third-order valence-electron chi connectivity index (χ3n) is 3.06. The van der Waals surface area contributed by atoms with Gasteiger partial charge >= 0.3 is 7.75 Å². The molecule has 104 valence electrons. The van der Waals surface area contributed by atoms with E-state index < -0.39 is 13.8 Å². The SMILES string of the molecule is Cc1ccccc1OP(=O)(O)NC1CCN(C)C1=O. The Bertz CT molecular complexity index is 534. The second-order valence-corrected chi connectivity index (χ2v) is 6.09. The number of carbonyl (C=O) groups excluding carboxylic acids is 1. The van der Waals surface area contributed by atoms with Crippen LogP contribution in [0.1, 0.15) is 12.0 Å². The number of carbonyl (C=O) groups is 1. The van der Waals surface area contributed by atoms with Gasteiger partial charge in [0, 0.05) is 13.6 Å². The summed E-state index contributed by atoms with van der Waals surface area (Å²) in [6.07, 6.45) is 0.497. The molecule has 0 bridgehead atoms. The Kier molecular flexibility index (Phi) is 3.94. The molecule has 0 saturated carbocycles. The smallest absolute Gasteiger partial charge is 0.413 e. The Labute approximate surface area is 112 Å². The summed E-state index contributed by atoms with van der Waals surface area (Å²) in [5.41, 5.74) is 0.758. The minimum absolute atomic E-state index is 0.192. The average Bonchev–Trinajstić information content (AvgIpc) is 2.63. The molecule has 19 heavy (non-hydrogen) atoms. The van der Waals surface area contributed by atoms with Crippen molar-refractivity contribution in [2.45, 2.75) is 19.4 Å². The monoisotopic (exact) mass is 284 g/mol. The minimum atomic E-state index is -4.05. The number of para-hydroxylation sites is 1. The number of amides is 1. The van der Waals surface area contributed by atoms with Crippen LogP contribution in [0.3, 0.4) is 0 Å². The molecule has 1 aromatic rings. The van der Waals surface area contributed by atoms with E-state index >= 15 is 0 Å². The number of nitrogens with one attached hydrogen (secondary N) is 1. The van der Waals surface area contributed by atoms with Gasteiger partial charge in [-0.25, -0.2) is 4.57 Å². The highest BCUT2D eigenvalue weighted by molar-refractivity contribution is 7.51. The molecule has 2 rings (SSSR count). The molecule has 0 aliphatic carbocycles. The van der Waals surface area contributed by atoms with Gasteiger partial charge in [-0.1, -0.05) is 18.2 Å². The van der Waals surface area contributed by atoms with Gasteiger partial charge in [0.2, 0.25) is 5.91 Å². The third-order valence-corrected chi connectivity index (χ3v) is 4.14. The first kappa shape index (κ1) is 14.1. The first-order valence-electron chi connectivity index (χ1n) is 6.00. The maximum atomic E-state index is 12.0. The molecule has 1 aromatic carbocycles. The van der Waals surface area contributed by atoms with Crippen molar-refractivity contribution in [1.29, 1.82) is 0 Å². The number of hydrogen-bond donors (Lipinski definition) is 2. The van der Waals surface area contributed by atoms with Crippen molar-refractivity contribution in [2.24, 2.45) is 0 Å². The lowest BCUT2D eigenvalue weighted by atomic mass is 10.2.